The van der Waals surface area contributed by atoms with Gasteiger partial charge in [0.05, 0.1) is 0 Å². The van der Waals surface area contributed by atoms with Crippen LogP contribution >= 0.6 is 0 Å². The molecule has 0 radical (unpaired) electrons. The number of carbonyl (C=O) groups excluding carboxylic acids is 3. The zero-order valence-corrected chi connectivity index (χ0v) is 25.2. The highest BCUT2D eigenvalue weighted by molar-refractivity contribution is 5.93. The smallest absolute Gasteiger partial charge is 0.408 e. The Hall–Kier alpha value is -3.75. The number of nitrogens with one attached hydrogen (secondary N) is 2. The van der Waals surface area contributed by atoms with E-state index in [4.69, 9.17) is 4.74 Å². The molecule has 3 amide bonds. The maximum Gasteiger partial charge on any atom is 0.408 e. The summed E-state index contributed by atoms with van der Waals surface area (Å²) in [7, 11) is 0. The second kappa shape index (κ2) is 13.3. The van der Waals surface area contributed by atoms with Crippen LogP contribution in [0.25, 0.3) is 0 Å². The number of alkyl carbamates (subject to hydrolysis) is 1. The number of phenolic OH excluding ortho intramolecular Hbond substituents is 2. The van der Waals surface area contributed by atoms with Crippen LogP contribution in [0.2, 0.25) is 0 Å². The molecule has 3 rings (SSSR count). The molecule has 9 nitrogen and oxygen atoms in total. The molecule has 41 heavy (non-hydrogen) atoms. The summed E-state index contributed by atoms with van der Waals surface area (Å²) in [5.41, 5.74) is 1.11. The molecule has 1 saturated carbocycles. The van der Waals surface area contributed by atoms with Crippen molar-refractivity contribution in [2.24, 2.45) is 5.92 Å². The molecule has 5 unspecified atom stereocenters. The van der Waals surface area contributed by atoms with Gasteiger partial charge in [-0.15, -0.1) is 0 Å². The number of nitrogens with zero attached hydrogens (tertiary/aromatic N) is 1. The van der Waals surface area contributed by atoms with Crippen molar-refractivity contribution < 1.29 is 29.3 Å². The fourth-order valence-corrected chi connectivity index (χ4v) is 4.98. The van der Waals surface area contributed by atoms with E-state index in [1.165, 1.54) is 18.2 Å². The zero-order chi connectivity index (χ0) is 30.5. The van der Waals surface area contributed by atoms with Gasteiger partial charge in [-0.05, 0) is 94.3 Å². The largest absolute Gasteiger partial charge is 0.508 e. The van der Waals surface area contributed by atoms with Gasteiger partial charge in [0.2, 0.25) is 11.8 Å². The number of hydrogen-bond donors (Lipinski definition) is 4. The lowest BCUT2D eigenvalue weighted by atomic mass is 9.98. The molecule has 2 aromatic carbocycles. The zero-order valence-electron chi connectivity index (χ0n) is 25.2. The number of carbonyl (C=O) groups is 3. The van der Waals surface area contributed by atoms with Gasteiger partial charge in [0.15, 0.2) is 0 Å². The fraction of sp³-hybridized carbons (Fsp3) is 0.531. The normalized spacial score (nSPS) is 18.5. The van der Waals surface area contributed by atoms with E-state index in [9.17, 15) is 24.6 Å². The van der Waals surface area contributed by atoms with Crippen LogP contribution in [-0.2, 0) is 20.7 Å². The predicted molar refractivity (Wildman–Crippen MR) is 157 cm³/mol. The van der Waals surface area contributed by atoms with Crippen molar-refractivity contribution >= 4 is 17.9 Å². The van der Waals surface area contributed by atoms with Crippen LogP contribution in [0.5, 0.6) is 11.5 Å². The molecule has 0 saturated heterocycles. The maximum absolute atomic E-state index is 14.5. The summed E-state index contributed by atoms with van der Waals surface area (Å²) in [4.78, 5) is 42.9. The SMILES string of the molecule is CCCC(C)NC(=O)C(c1ccc(O)c(C)c1)N(C(=O)C(Cc1ccc(O)cc1)NC(=O)OC(C)(C)C)C1CC1C. The fourth-order valence-electron chi connectivity index (χ4n) is 4.98. The summed E-state index contributed by atoms with van der Waals surface area (Å²) in [5.74, 6) is -0.375. The number of hydrogen-bond acceptors (Lipinski definition) is 6. The minimum Gasteiger partial charge on any atom is -0.508 e. The van der Waals surface area contributed by atoms with Crippen LogP contribution in [0.4, 0.5) is 4.79 Å². The van der Waals surface area contributed by atoms with Crippen LogP contribution in [0.1, 0.15) is 83.5 Å². The van der Waals surface area contributed by atoms with Gasteiger partial charge >= 0.3 is 6.09 Å². The Labute approximate surface area is 243 Å². The van der Waals surface area contributed by atoms with Crippen molar-refractivity contribution in [1.29, 1.82) is 0 Å². The third-order valence-electron chi connectivity index (χ3n) is 7.22. The average Bonchev–Trinajstić information content (AvgIpc) is 3.59. The van der Waals surface area contributed by atoms with Gasteiger partial charge in [0, 0.05) is 18.5 Å². The molecule has 0 bridgehead atoms. The second-order valence-corrected chi connectivity index (χ2v) is 12.2. The number of aryl methyl sites for hydroxylation is 1. The average molecular weight is 568 g/mol. The summed E-state index contributed by atoms with van der Waals surface area (Å²) < 4.78 is 5.49. The second-order valence-electron chi connectivity index (χ2n) is 12.2. The lowest BCUT2D eigenvalue weighted by Crippen LogP contribution is -2.55. The topological polar surface area (TPSA) is 128 Å². The molecule has 2 aromatic rings. The maximum atomic E-state index is 14.5. The lowest BCUT2D eigenvalue weighted by Gasteiger charge is -2.36. The molecule has 9 heteroatoms. The predicted octanol–water partition coefficient (Wildman–Crippen LogP) is 5.13. The Kier molecular flexibility index (Phi) is 10.3. The highest BCUT2D eigenvalue weighted by atomic mass is 16.6. The summed E-state index contributed by atoms with van der Waals surface area (Å²) >= 11 is 0. The van der Waals surface area contributed by atoms with E-state index in [1.54, 1.807) is 56.9 Å². The van der Waals surface area contributed by atoms with Crippen LogP contribution in [0, 0.1) is 12.8 Å². The van der Waals surface area contributed by atoms with Gasteiger partial charge in [-0.3, -0.25) is 9.59 Å². The molecule has 1 aliphatic rings. The number of rotatable bonds is 11. The third kappa shape index (κ3) is 8.87. The first-order valence-electron chi connectivity index (χ1n) is 14.4. The molecule has 224 valence electrons. The van der Waals surface area contributed by atoms with Crippen molar-refractivity contribution in [3.05, 3.63) is 59.2 Å². The Morgan fingerprint density at radius 3 is 2.24 bits per heavy atom. The molecule has 0 aromatic heterocycles. The first-order chi connectivity index (χ1) is 19.2. The molecule has 1 fully saturated rings. The van der Waals surface area contributed by atoms with Crippen LogP contribution in [0.3, 0.4) is 0 Å². The summed E-state index contributed by atoms with van der Waals surface area (Å²) in [6.07, 6.45) is 1.78. The lowest BCUT2D eigenvalue weighted by molar-refractivity contribution is -0.143. The van der Waals surface area contributed by atoms with E-state index in [-0.39, 0.29) is 41.8 Å². The molecule has 0 spiro atoms. The number of amides is 3. The van der Waals surface area contributed by atoms with Gasteiger partial charge in [-0.25, -0.2) is 4.79 Å². The van der Waals surface area contributed by atoms with Crippen LogP contribution in [-0.4, -0.2) is 56.7 Å². The van der Waals surface area contributed by atoms with Crippen molar-refractivity contribution in [2.75, 3.05) is 0 Å². The van der Waals surface area contributed by atoms with E-state index >= 15 is 0 Å². The van der Waals surface area contributed by atoms with Crippen molar-refractivity contribution in [3.63, 3.8) is 0 Å². The van der Waals surface area contributed by atoms with E-state index in [0.29, 0.717) is 11.1 Å². The van der Waals surface area contributed by atoms with Gasteiger partial charge in [-0.2, -0.15) is 0 Å². The standard InChI is InChI=1S/C32H45N3O6/c1-8-9-21(4)33-29(38)28(23-12-15-27(37)20(3)16-23)35(26-17-19(26)2)30(39)25(34-31(40)41-32(5,6)7)18-22-10-13-24(36)14-11-22/h10-16,19,21,25-26,28,36-37H,8-9,17-18H2,1-7H3,(H,33,38)(H,34,40). The highest BCUT2D eigenvalue weighted by Gasteiger charge is 2.48. The number of benzene rings is 2. The van der Waals surface area contributed by atoms with E-state index in [0.717, 1.165) is 24.8 Å². The summed E-state index contributed by atoms with van der Waals surface area (Å²) in [6, 6.07) is 9.03. The molecule has 5 atom stereocenters. The van der Waals surface area contributed by atoms with E-state index in [1.807, 2.05) is 20.8 Å². The summed E-state index contributed by atoms with van der Waals surface area (Å²) in [5, 5.41) is 25.8. The molecule has 1 aliphatic carbocycles. The summed E-state index contributed by atoms with van der Waals surface area (Å²) in [6.45, 7) is 13.0. The Bertz CT molecular complexity index is 1220. The van der Waals surface area contributed by atoms with Crippen molar-refractivity contribution in [1.82, 2.24) is 15.5 Å². The molecule has 0 heterocycles. The number of phenols is 2. The molecular formula is C32H45N3O6. The number of aromatic hydroxyl groups is 2. The first kappa shape index (κ1) is 31.8. The highest BCUT2D eigenvalue weighted by Crippen LogP contribution is 2.41. The molecule has 4 N–H and O–H groups in total. The monoisotopic (exact) mass is 567 g/mol. The Balaban J connectivity index is 2.06. The quantitative estimate of drug-likeness (QED) is 0.298. The Morgan fingerprint density at radius 1 is 1.07 bits per heavy atom. The van der Waals surface area contributed by atoms with Crippen molar-refractivity contribution in [2.45, 2.75) is 104 Å². The van der Waals surface area contributed by atoms with Crippen LogP contribution < -0.4 is 10.6 Å². The molecule has 0 aliphatic heterocycles. The number of ether oxygens (including phenoxy) is 1. The third-order valence-corrected chi connectivity index (χ3v) is 7.22. The minimum absolute atomic E-state index is 0.0887. The van der Waals surface area contributed by atoms with E-state index < -0.39 is 29.7 Å². The molecular weight excluding hydrogens is 522 g/mol. The van der Waals surface area contributed by atoms with Gasteiger partial charge < -0.3 is 30.5 Å². The van der Waals surface area contributed by atoms with Gasteiger partial charge in [0.25, 0.3) is 0 Å². The van der Waals surface area contributed by atoms with Crippen LogP contribution in [0.15, 0.2) is 42.5 Å². The van der Waals surface area contributed by atoms with E-state index in [2.05, 4.69) is 10.6 Å². The minimum atomic E-state index is -1.04. The van der Waals surface area contributed by atoms with Crippen molar-refractivity contribution in [3.8, 4) is 11.5 Å². The Morgan fingerprint density at radius 2 is 1.71 bits per heavy atom. The first-order valence-corrected chi connectivity index (χ1v) is 14.4. The van der Waals surface area contributed by atoms with Gasteiger partial charge in [-0.1, -0.05) is 38.5 Å². The van der Waals surface area contributed by atoms with Gasteiger partial charge in [0.1, 0.15) is 29.2 Å².